The molecule has 1 aromatic rings. The van der Waals surface area contributed by atoms with Crippen molar-refractivity contribution < 1.29 is 28.6 Å². The third-order valence-electron chi connectivity index (χ3n) is 5.80. The van der Waals surface area contributed by atoms with E-state index in [1.165, 1.54) is 12.0 Å². The lowest BCUT2D eigenvalue weighted by atomic mass is 9.91. The molecule has 1 saturated heterocycles. The Morgan fingerprint density at radius 2 is 1.93 bits per heavy atom. The van der Waals surface area contributed by atoms with E-state index in [2.05, 4.69) is 0 Å². The van der Waals surface area contributed by atoms with Gasteiger partial charge < -0.3 is 25.4 Å². The van der Waals surface area contributed by atoms with Crippen molar-refractivity contribution >= 4 is 41.3 Å². The van der Waals surface area contributed by atoms with E-state index < -0.39 is 29.4 Å². The Hall–Kier alpha value is -2.39. The standard InChI is InChI=1S/C19H22FN3O5.ClH/c1-8-6-22(7-12(8)21)14-11(20)5-10-13(18(14)28-2)23(9-3-4-9)15(19(26)27)17(25)16(10)24;/h5,8-9,12,15H,3-4,6-7,21H2,1-2H3,(H,26,27);1H/t8-,12-,15?;/m0./s1. The highest BCUT2D eigenvalue weighted by Gasteiger charge is 2.51. The second-order valence-electron chi connectivity index (χ2n) is 7.76. The van der Waals surface area contributed by atoms with Crippen LogP contribution in [0.1, 0.15) is 30.1 Å². The summed E-state index contributed by atoms with van der Waals surface area (Å²) < 4.78 is 20.6. The van der Waals surface area contributed by atoms with Crippen molar-refractivity contribution in [2.45, 2.75) is 37.9 Å². The first-order chi connectivity index (χ1) is 13.3. The number of rotatable bonds is 4. The molecule has 0 aromatic heterocycles. The molecule has 3 aliphatic rings. The lowest BCUT2D eigenvalue weighted by Crippen LogP contribution is -2.54. The van der Waals surface area contributed by atoms with Crippen LogP contribution in [0.3, 0.4) is 0 Å². The van der Waals surface area contributed by atoms with Gasteiger partial charge in [0.1, 0.15) is 5.69 Å². The summed E-state index contributed by atoms with van der Waals surface area (Å²) in [7, 11) is 1.35. The number of halogens is 2. The number of nitrogens with zero attached hydrogens (tertiary/aromatic N) is 2. The van der Waals surface area contributed by atoms with Gasteiger partial charge in [-0.15, -0.1) is 12.4 Å². The van der Waals surface area contributed by atoms with Crippen LogP contribution >= 0.6 is 12.4 Å². The fourth-order valence-electron chi connectivity index (χ4n) is 4.19. The molecule has 1 aliphatic carbocycles. The molecule has 1 saturated carbocycles. The Labute approximate surface area is 173 Å². The van der Waals surface area contributed by atoms with Gasteiger partial charge in [0.25, 0.3) is 0 Å². The summed E-state index contributed by atoms with van der Waals surface area (Å²) in [6.45, 7) is 2.88. The monoisotopic (exact) mass is 427 g/mol. The SMILES string of the molecule is COc1c(N2C[C@H](C)[C@@H](N)C2)c(F)cc2c1N(C1CC1)C(C(=O)O)C(=O)C2=O.Cl. The highest BCUT2D eigenvalue weighted by atomic mass is 35.5. The number of fused-ring (bicyclic) bond motifs is 1. The van der Waals surface area contributed by atoms with E-state index in [0.29, 0.717) is 25.9 Å². The van der Waals surface area contributed by atoms with E-state index in [1.54, 1.807) is 4.90 Å². The first-order valence-electron chi connectivity index (χ1n) is 9.27. The van der Waals surface area contributed by atoms with Crippen LogP contribution in [-0.4, -0.2) is 61.0 Å². The summed E-state index contributed by atoms with van der Waals surface area (Å²) in [4.78, 5) is 40.0. The van der Waals surface area contributed by atoms with Crippen molar-refractivity contribution in [2.24, 2.45) is 11.7 Å². The number of benzene rings is 1. The van der Waals surface area contributed by atoms with E-state index in [0.717, 1.165) is 6.07 Å². The lowest BCUT2D eigenvalue weighted by Gasteiger charge is -2.37. The maximum Gasteiger partial charge on any atom is 0.334 e. The number of anilines is 2. The molecule has 0 bridgehead atoms. The largest absolute Gasteiger partial charge is 0.492 e. The summed E-state index contributed by atoms with van der Waals surface area (Å²) in [5, 5.41) is 9.61. The predicted octanol–water partition coefficient (Wildman–Crippen LogP) is 1.23. The zero-order valence-corrected chi connectivity index (χ0v) is 16.9. The quantitative estimate of drug-likeness (QED) is 0.545. The van der Waals surface area contributed by atoms with Crippen molar-refractivity contribution in [1.82, 2.24) is 0 Å². The fourth-order valence-corrected chi connectivity index (χ4v) is 4.19. The number of ketones is 2. The Bertz CT molecular complexity index is 881. The number of carbonyl (C=O) groups excluding carboxylic acids is 2. The maximum absolute atomic E-state index is 15.1. The average molecular weight is 428 g/mol. The molecule has 0 spiro atoms. The topological polar surface area (TPSA) is 113 Å². The number of hydrogen-bond acceptors (Lipinski definition) is 7. The van der Waals surface area contributed by atoms with Gasteiger partial charge in [0.15, 0.2) is 17.6 Å². The van der Waals surface area contributed by atoms with Gasteiger partial charge in [-0.2, -0.15) is 0 Å². The molecule has 29 heavy (non-hydrogen) atoms. The van der Waals surface area contributed by atoms with Crippen molar-refractivity contribution in [1.29, 1.82) is 0 Å². The Balaban J connectivity index is 0.00000240. The summed E-state index contributed by atoms with van der Waals surface area (Å²) >= 11 is 0. The van der Waals surface area contributed by atoms with Crippen LogP contribution in [0.2, 0.25) is 0 Å². The van der Waals surface area contributed by atoms with Gasteiger partial charge in [-0.1, -0.05) is 6.92 Å². The van der Waals surface area contributed by atoms with E-state index in [4.69, 9.17) is 10.5 Å². The van der Waals surface area contributed by atoms with Crippen molar-refractivity contribution in [2.75, 3.05) is 30.0 Å². The molecular formula is C19H23ClFN3O5. The third-order valence-corrected chi connectivity index (χ3v) is 5.80. The highest BCUT2D eigenvalue weighted by molar-refractivity contribution is 6.51. The number of ether oxygens (including phenoxy) is 1. The molecule has 3 atom stereocenters. The summed E-state index contributed by atoms with van der Waals surface area (Å²) in [6.07, 6.45) is 1.37. The zero-order chi connectivity index (χ0) is 20.3. The molecule has 2 aliphatic heterocycles. The summed E-state index contributed by atoms with van der Waals surface area (Å²) in [5.74, 6) is -3.94. The predicted molar refractivity (Wildman–Crippen MR) is 106 cm³/mol. The second-order valence-corrected chi connectivity index (χ2v) is 7.76. The van der Waals surface area contributed by atoms with Gasteiger partial charge in [-0.05, 0) is 24.8 Å². The third kappa shape index (κ3) is 3.22. The van der Waals surface area contributed by atoms with E-state index in [-0.39, 0.29) is 53.1 Å². The number of carbonyl (C=O) groups is 3. The molecule has 8 nitrogen and oxygen atoms in total. The van der Waals surface area contributed by atoms with Crippen LogP contribution in [0.4, 0.5) is 15.8 Å². The Morgan fingerprint density at radius 3 is 2.41 bits per heavy atom. The van der Waals surface area contributed by atoms with Gasteiger partial charge >= 0.3 is 5.97 Å². The second kappa shape index (κ2) is 7.46. The number of aliphatic carboxylic acids is 1. The number of nitrogens with two attached hydrogens (primary N) is 1. The number of Topliss-reactive ketones (excluding diaryl/α,β-unsaturated/α-hetero) is 2. The molecule has 2 fully saturated rings. The van der Waals surface area contributed by atoms with Crippen molar-refractivity contribution in [3.05, 3.63) is 17.4 Å². The first kappa shape index (κ1) is 21.3. The minimum atomic E-state index is -1.63. The minimum absolute atomic E-state index is 0. The van der Waals surface area contributed by atoms with Gasteiger partial charge in [0, 0.05) is 25.2 Å². The maximum atomic E-state index is 15.1. The summed E-state index contributed by atoms with van der Waals surface area (Å²) in [6, 6.07) is -0.951. The molecule has 4 rings (SSSR count). The zero-order valence-electron chi connectivity index (χ0n) is 16.1. The number of carboxylic acid groups (broad SMARTS) is 1. The normalized spacial score (nSPS) is 26.3. The van der Waals surface area contributed by atoms with Crippen LogP contribution in [0.25, 0.3) is 0 Å². The molecule has 1 aromatic carbocycles. The molecular weight excluding hydrogens is 405 g/mol. The van der Waals surface area contributed by atoms with Crippen LogP contribution < -0.4 is 20.3 Å². The average Bonchev–Trinajstić information content (AvgIpc) is 3.42. The fraction of sp³-hybridized carbons (Fsp3) is 0.526. The van der Waals surface area contributed by atoms with Crippen LogP contribution in [0.5, 0.6) is 5.75 Å². The van der Waals surface area contributed by atoms with Crippen LogP contribution in [0, 0.1) is 11.7 Å². The Morgan fingerprint density at radius 1 is 1.28 bits per heavy atom. The number of methoxy groups -OCH3 is 1. The van der Waals surface area contributed by atoms with Crippen LogP contribution in [-0.2, 0) is 9.59 Å². The molecule has 10 heteroatoms. The lowest BCUT2D eigenvalue weighted by molar-refractivity contribution is -0.141. The van der Waals surface area contributed by atoms with Gasteiger partial charge in [0.2, 0.25) is 11.6 Å². The minimum Gasteiger partial charge on any atom is -0.492 e. The molecule has 1 unspecified atom stereocenters. The van der Waals surface area contributed by atoms with Gasteiger partial charge in [-0.25, -0.2) is 9.18 Å². The van der Waals surface area contributed by atoms with E-state index >= 15 is 4.39 Å². The van der Waals surface area contributed by atoms with Crippen molar-refractivity contribution in [3.63, 3.8) is 0 Å². The number of carboxylic acids is 1. The van der Waals surface area contributed by atoms with Crippen LogP contribution in [0.15, 0.2) is 6.07 Å². The Kier molecular flexibility index (Phi) is 5.48. The van der Waals surface area contributed by atoms with E-state index in [1.807, 2.05) is 6.92 Å². The van der Waals surface area contributed by atoms with Gasteiger partial charge in [-0.3, -0.25) is 9.59 Å². The molecule has 2 heterocycles. The molecule has 3 N–H and O–H groups in total. The van der Waals surface area contributed by atoms with E-state index in [9.17, 15) is 19.5 Å². The van der Waals surface area contributed by atoms with Gasteiger partial charge in [0.05, 0.1) is 18.4 Å². The summed E-state index contributed by atoms with van der Waals surface area (Å²) in [5.41, 5.74) is 6.27. The first-order valence-corrected chi connectivity index (χ1v) is 9.27. The highest BCUT2D eigenvalue weighted by Crippen LogP contribution is 2.49. The smallest absolute Gasteiger partial charge is 0.334 e. The molecule has 0 radical (unpaired) electrons. The number of hydrogen-bond donors (Lipinski definition) is 2. The molecule has 0 amide bonds. The molecule has 158 valence electrons. The van der Waals surface area contributed by atoms with Crippen molar-refractivity contribution in [3.8, 4) is 5.75 Å².